The molecule has 2 nitrogen and oxygen atoms in total. The zero-order valence-corrected chi connectivity index (χ0v) is 12.3. The first-order chi connectivity index (χ1) is 9.66. The normalized spacial score (nSPS) is 28.1. The molecule has 110 valence electrons. The Morgan fingerprint density at radius 3 is 2.75 bits per heavy atom. The van der Waals surface area contributed by atoms with Gasteiger partial charge in [0.15, 0.2) is 0 Å². The third-order valence-corrected chi connectivity index (χ3v) is 5.03. The highest BCUT2D eigenvalue weighted by atomic mass is 19.1. The van der Waals surface area contributed by atoms with Gasteiger partial charge in [0, 0.05) is 24.3 Å². The van der Waals surface area contributed by atoms with Crippen molar-refractivity contribution >= 4 is 5.69 Å². The maximum Gasteiger partial charge on any atom is 0.123 e. The third kappa shape index (κ3) is 2.56. The first-order valence-corrected chi connectivity index (χ1v) is 7.98. The number of nitrogens with two attached hydrogens (primary N) is 1. The summed E-state index contributed by atoms with van der Waals surface area (Å²) in [4.78, 5) is 2.52. The summed E-state index contributed by atoms with van der Waals surface area (Å²) in [6, 6.07) is 5.65. The lowest BCUT2D eigenvalue weighted by Gasteiger charge is -2.46. The van der Waals surface area contributed by atoms with Gasteiger partial charge in [-0.1, -0.05) is 12.8 Å². The number of anilines is 1. The van der Waals surface area contributed by atoms with Gasteiger partial charge in [0.25, 0.3) is 0 Å². The number of hydrogen-bond acceptors (Lipinski definition) is 2. The number of rotatable bonds is 2. The second-order valence-electron chi connectivity index (χ2n) is 6.44. The van der Waals surface area contributed by atoms with E-state index in [0.29, 0.717) is 6.04 Å². The average Bonchev–Trinajstić information content (AvgIpc) is 2.46. The Morgan fingerprint density at radius 2 is 1.95 bits per heavy atom. The van der Waals surface area contributed by atoms with E-state index in [0.717, 1.165) is 23.7 Å². The first kappa shape index (κ1) is 13.9. The molecule has 1 aromatic carbocycles. The van der Waals surface area contributed by atoms with Gasteiger partial charge < -0.3 is 10.6 Å². The van der Waals surface area contributed by atoms with E-state index in [2.05, 4.69) is 4.90 Å². The van der Waals surface area contributed by atoms with Crippen LogP contribution in [0, 0.1) is 11.7 Å². The predicted octanol–water partition coefficient (Wildman–Crippen LogP) is 4.00. The second kappa shape index (κ2) is 5.72. The standard InChI is InChI=1S/C17H25FN2/c1-12(19)15-11-14(18)8-9-17(15)20-10-4-6-13-5-2-3-7-16(13)20/h8-9,11-13,16H,2-7,10,19H2,1H3/t12-,13-,16-/m1/s1. The van der Waals surface area contributed by atoms with E-state index in [1.807, 2.05) is 13.0 Å². The second-order valence-corrected chi connectivity index (χ2v) is 6.44. The van der Waals surface area contributed by atoms with Gasteiger partial charge in [-0.15, -0.1) is 0 Å². The number of piperidine rings is 1. The predicted molar refractivity (Wildman–Crippen MR) is 81.3 cm³/mol. The lowest BCUT2D eigenvalue weighted by atomic mass is 9.78. The number of fused-ring (bicyclic) bond motifs is 1. The highest BCUT2D eigenvalue weighted by Gasteiger charge is 2.34. The molecule has 0 radical (unpaired) electrons. The molecule has 0 bridgehead atoms. The highest BCUT2D eigenvalue weighted by molar-refractivity contribution is 5.56. The lowest BCUT2D eigenvalue weighted by Crippen LogP contribution is -2.47. The van der Waals surface area contributed by atoms with Crippen LogP contribution >= 0.6 is 0 Å². The van der Waals surface area contributed by atoms with Gasteiger partial charge in [-0.2, -0.15) is 0 Å². The van der Waals surface area contributed by atoms with E-state index in [1.165, 1.54) is 38.5 Å². The Balaban J connectivity index is 1.94. The minimum Gasteiger partial charge on any atom is -0.368 e. The average molecular weight is 276 g/mol. The maximum atomic E-state index is 13.5. The van der Waals surface area contributed by atoms with Crippen molar-refractivity contribution in [1.82, 2.24) is 0 Å². The molecule has 1 saturated carbocycles. The van der Waals surface area contributed by atoms with Gasteiger partial charge in [0.05, 0.1) is 0 Å². The van der Waals surface area contributed by atoms with Crippen molar-refractivity contribution in [3.8, 4) is 0 Å². The largest absolute Gasteiger partial charge is 0.368 e. The van der Waals surface area contributed by atoms with E-state index in [-0.39, 0.29) is 11.9 Å². The van der Waals surface area contributed by atoms with Crippen molar-refractivity contribution in [2.75, 3.05) is 11.4 Å². The Labute approximate surface area is 121 Å². The van der Waals surface area contributed by atoms with Gasteiger partial charge in [0.2, 0.25) is 0 Å². The van der Waals surface area contributed by atoms with Crippen molar-refractivity contribution in [2.45, 2.75) is 57.5 Å². The van der Waals surface area contributed by atoms with Crippen LogP contribution in [0.1, 0.15) is 57.1 Å². The van der Waals surface area contributed by atoms with Crippen LogP contribution in [0.3, 0.4) is 0 Å². The zero-order chi connectivity index (χ0) is 14.1. The molecule has 1 aliphatic carbocycles. The molecule has 3 atom stereocenters. The minimum atomic E-state index is -0.182. The van der Waals surface area contributed by atoms with Crippen LogP contribution in [-0.4, -0.2) is 12.6 Å². The molecule has 0 aromatic heterocycles. The Hall–Kier alpha value is -1.09. The van der Waals surface area contributed by atoms with Crippen molar-refractivity contribution in [2.24, 2.45) is 11.7 Å². The summed E-state index contributed by atoms with van der Waals surface area (Å²) in [6.07, 6.45) is 7.94. The molecule has 0 spiro atoms. The summed E-state index contributed by atoms with van der Waals surface area (Å²) in [5, 5.41) is 0. The van der Waals surface area contributed by atoms with Crippen LogP contribution in [0.15, 0.2) is 18.2 Å². The highest BCUT2D eigenvalue weighted by Crippen LogP contribution is 2.39. The van der Waals surface area contributed by atoms with E-state index in [9.17, 15) is 4.39 Å². The quantitative estimate of drug-likeness (QED) is 0.884. The Bertz CT molecular complexity index is 470. The minimum absolute atomic E-state index is 0.121. The number of hydrogen-bond donors (Lipinski definition) is 1. The van der Waals surface area contributed by atoms with Crippen LogP contribution in [0.4, 0.5) is 10.1 Å². The van der Waals surface area contributed by atoms with Crippen molar-refractivity contribution in [1.29, 1.82) is 0 Å². The number of nitrogens with zero attached hydrogens (tertiary/aromatic N) is 1. The fourth-order valence-electron chi connectivity index (χ4n) is 4.08. The monoisotopic (exact) mass is 276 g/mol. The summed E-state index contributed by atoms with van der Waals surface area (Å²) < 4.78 is 13.5. The molecular formula is C17H25FN2. The van der Waals surface area contributed by atoms with Crippen LogP contribution in [0.5, 0.6) is 0 Å². The fraction of sp³-hybridized carbons (Fsp3) is 0.647. The van der Waals surface area contributed by atoms with Gasteiger partial charge >= 0.3 is 0 Å². The number of benzene rings is 1. The molecular weight excluding hydrogens is 251 g/mol. The van der Waals surface area contributed by atoms with Crippen LogP contribution in [0.25, 0.3) is 0 Å². The molecule has 2 N–H and O–H groups in total. The summed E-state index contributed by atoms with van der Waals surface area (Å²) >= 11 is 0. The maximum absolute atomic E-state index is 13.5. The molecule has 2 fully saturated rings. The first-order valence-electron chi connectivity index (χ1n) is 7.98. The molecule has 3 rings (SSSR count). The van der Waals surface area contributed by atoms with Crippen molar-refractivity contribution in [3.63, 3.8) is 0 Å². The SMILES string of the molecule is C[C@@H](N)c1cc(F)ccc1N1CCC[C@H]2CCCC[C@H]21. The Morgan fingerprint density at radius 1 is 1.20 bits per heavy atom. The number of halogens is 1. The molecule has 1 aliphatic heterocycles. The molecule has 1 saturated heterocycles. The summed E-state index contributed by atoms with van der Waals surface area (Å²) in [7, 11) is 0. The molecule has 1 heterocycles. The van der Waals surface area contributed by atoms with Gasteiger partial charge in [-0.3, -0.25) is 0 Å². The van der Waals surface area contributed by atoms with E-state index >= 15 is 0 Å². The van der Waals surface area contributed by atoms with Crippen LogP contribution in [-0.2, 0) is 0 Å². The molecule has 0 unspecified atom stereocenters. The third-order valence-electron chi connectivity index (χ3n) is 5.03. The summed E-state index contributed by atoms with van der Waals surface area (Å²) in [5.41, 5.74) is 8.18. The van der Waals surface area contributed by atoms with E-state index in [4.69, 9.17) is 5.73 Å². The molecule has 1 aromatic rings. The van der Waals surface area contributed by atoms with Crippen molar-refractivity contribution in [3.05, 3.63) is 29.6 Å². The molecule has 20 heavy (non-hydrogen) atoms. The smallest absolute Gasteiger partial charge is 0.123 e. The van der Waals surface area contributed by atoms with E-state index < -0.39 is 0 Å². The Kier molecular flexibility index (Phi) is 3.97. The zero-order valence-electron chi connectivity index (χ0n) is 12.3. The van der Waals surface area contributed by atoms with Crippen LogP contribution < -0.4 is 10.6 Å². The van der Waals surface area contributed by atoms with Gasteiger partial charge in [-0.05, 0) is 62.3 Å². The molecule has 0 amide bonds. The summed E-state index contributed by atoms with van der Waals surface area (Å²) in [6.45, 7) is 3.03. The van der Waals surface area contributed by atoms with Crippen molar-refractivity contribution < 1.29 is 4.39 Å². The van der Waals surface area contributed by atoms with Gasteiger partial charge in [0.1, 0.15) is 5.82 Å². The van der Waals surface area contributed by atoms with E-state index in [1.54, 1.807) is 12.1 Å². The fourth-order valence-corrected chi connectivity index (χ4v) is 4.08. The molecule has 2 aliphatic rings. The topological polar surface area (TPSA) is 29.3 Å². The lowest BCUT2D eigenvalue weighted by molar-refractivity contribution is 0.243. The summed E-state index contributed by atoms with van der Waals surface area (Å²) in [5.74, 6) is 0.640. The van der Waals surface area contributed by atoms with Gasteiger partial charge in [-0.25, -0.2) is 4.39 Å². The van der Waals surface area contributed by atoms with Crippen LogP contribution in [0.2, 0.25) is 0 Å². The molecule has 3 heteroatoms.